The van der Waals surface area contributed by atoms with Crippen LogP contribution in [0, 0.1) is 28.1 Å². The molecule has 0 bridgehead atoms. The lowest BCUT2D eigenvalue weighted by atomic mass is 9.44. The Morgan fingerprint density at radius 1 is 1.14 bits per heavy atom. The van der Waals surface area contributed by atoms with Crippen molar-refractivity contribution in [3.05, 3.63) is 24.3 Å². The zero-order valence-electron chi connectivity index (χ0n) is 18.5. The molecule has 5 heteroatoms. The number of ether oxygens (including phenoxy) is 2. The Morgan fingerprint density at radius 3 is 2.31 bits per heavy atom. The fourth-order valence-electron chi connectivity index (χ4n) is 6.37. The molecule has 3 aliphatic rings. The maximum absolute atomic E-state index is 13.3. The summed E-state index contributed by atoms with van der Waals surface area (Å²) in [4.78, 5) is 37.2. The number of allylic oxidation sites excluding steroid dienone is 2. The number of hydrogen-bond acceptors (Lipinski definition) is 5. The van der Waals surface area contributed by atoms with E-state index in [-0.39, 0.29) is 41.1 Å². The normalized spacial score (nSPS) is 40.8. The van der Waals surface area contributed by atoms with Gasteiger partial charge >= 0.3 is 11.9 Å². The molecule has 0 aromatic carbocycles. The molecule has 160 valence electrons. The molecule has 0 N–H and O–H groups in total. The molecule has 3 rings (SSSR count). The zero-order chi connectivity index (χ0) is 21.8. The second-order valence-electron chi connectivity index (χ2n) is 10.3. The maximum atomic E-state index is 13.3. The molecule has 0 spiro atoms. The van der Waals surface area contributed by atoms with E-state index in [1.165, 1.54) is 13.8 Å². The average Bonchev–Trinajstić information content (AvgIpc) is 2.59. The predicted octanol–water partition coefficient (Wildman–Crippen LogP) is 4.40. The predicted molar refractivity (Wildman–Crippen MR) is 110 cm³/mol. The first kappa shape index (κ1) is 21.8. The summed E-state index contributed by atoms with van der Waals surface area (Å²) in [6, 6.07) is 0. The molecule has 0 aliphatic heterocycles. The van der Waals surface area contributed by atoms with Crippen molar-refractivity contribution in [3.63, 3.8) is 0 Å². The molecular formula is C24H34O5. The lowest BCUT2D eigenvalue weighted by Crippen LogP contribution is -2.63. The van der Waals surface area contributed by atoms with Crippen LogP contribution in [0.2, 0.25) is 0 Å². The minimum atomic E-state index is -0.490. The van der Waals surface area contributed by atoms with Gasteiger partial charge in [-0.2, -0.15) is 0 Å². The van der Waals surface area contributed by atoms with Crippen molar-refractivity contribution in [1.82, 2.24) is 0 Å². The van der Waals surface area contributed by atoms with Gasteiger partial charge in [-0.15, -0.1) is 6.58 Å². The second-order valence-corrected chi connectivity index (χ2v) is 10.3. The third-order valence-electron chi connectivity index (χ3n) is 7.75. The molecule has 6 atom stereocenters. The first-order valence-electron chi connectivity index (χ1n) is 10.6. The number of carbonyl (C=O) groups excluding carboxylic acids is 3. The van der Waals surface area contributed by atoms with Gasteiger partial charge in [-0.25, -0.2) is 0 Å². The number of carbonyl (C=O) groups is 3. The first-order chi connectivity index (χ1) is 13.3. The van der Waals surface area contributed by atoms with Crippen molar-refractivity contribution < 1.29 is 23.9 Å². The van der Waals surface area contributed by atoms with Gasteiger partial charge in [0.2, 0.25) is 0 Å². The lowest BCUT2D eigenvalue weighted by Gasteiger charge is -2.62. The number of fused-ring (bicyclic) bond motifs is 3. The van der Waals surface area contributed by atoms with Gasteiger partial charge in [0, 0.05) is 37.0 Å². The quantitative estimate of drug-likeness (QED) is 0.517. The zero-order valence-corrected chi connectivity index (χ0v) is 18.5. The Morgan fingerprint density at radius 2 is 1.76 bits per heavy atom. The minimum Gasteiger partial charge on any atom is -0.462 e. The third kappa shape index (κ3) is 3.57. The van der Waals surface area contributed by atoms with Crippen LogP contribution in [0.5, 0.6) is 0 Å². The monoisotopic (exact) mass is 402 g/mol. The summed E-state index contributed by atoms with van der Waals surface area (Å²) in [6.07, 6.45) is 5.67. The summed E-state index contributed by atoms with van der Waals surface area (Å²) in [5.74, 6) is -0.824. The van der Waals surface area contributed by atoms with E-state index in [1.807, 2.05) is 19.1 Å². The van der Waals surface area contributed by atoms with Gasteiger partial charge in [-0.3, -0.25) is 14.4 Å². The van der Waals surface area contributed by atoms with Crippen LogP contribution in [0.1, 0.15) is 67.2 Å². The highest BCUT2D eigenvalue weighted by molar-refractivity contribution is 5.98. The maximum Gasteiger partial charge on any atom is 0.302 e. The summed E-state index contributed by atoms with van der Waals surface area (Å²) in [6.45, 7) is 15.3. The molecule has 0 heterocycles. The summed E-state index contributed by atoms with van der Waals surface area (Å²) < 4.78 is 11.7. The molecule has 0 amide bonds. The van der Waals surface area contributed by atoms with E-state index in [0.29, 0.717) is 18.4 Å². The van der Waals surface area contributed by atoms with Crippen molar-refractivity contribution in [2.75, 3.05) is 0 Å². The SMILES string of the molecule is C=C[C@]1(C)C=C2C(=O)C[C@H]3C(C)(C)CC[C@@H](OC(C)=O)[C@]3(C)[C@H]2[C@H](OC(C)=O)C1. The van der Waals surface area contributed by atoms with Crippen LogP contribution >= 0.6 is 0 Å². The summed E-state index contributed by atoms with van der Waals surface area (Å²) in [7, 11) is 0. The van der Waals surface area contributed by atoms with E-state index in [4.69, 9.17) is 9.47 Å². The van der Waals surface area contributed by atoms with Crippen LogP contribution in [0.3, 0.4) is 0 Å². The highest BCUT2D eigenvalue weighted by atomic mass is 16.5. The second kappa shape index (κ2) is 7.10. The first-order valence-corrected chi connectivity index (χ1v) is 10.6. The lowest BCUT2D eigenvalue weighted by molar-refractivity contribution is -0.198. The molecule has 2 saturated carbocycles. The van der Waals surface area contributed by atoms with Crippen LogP contribution in [-0.4, -0.2) is 29.9 Å². The van der Waals surface area contributed by atoms with E-state index < -0.39 is 16.9 Å². The van der Waals surface area contributed by atoms with Crippen molar-refractivity contribution >= 4 is 17.7 Å². The number of ketones is 1. The fourth-order valence-corrected chi connectivity index (χ4v) is 6.37. The van der Waals surface area contributed by atoms with Crippen molar-refractivity contribution in [1.29, 1.82) is 0 Å². The van der Waals surface area contributed by atoms with E-state index in [0.717, 1.165) is 12.8 Å². The van der Waals surface area contributed by atoms with Gasteiger partial charge in [0.25, 0.3) is 0 Å². The van der Waals surface area contributed by atoms with Crippen molar-refractivity contribution in [3.8, 4) is 0 Å². The van der Waals surface area contributed by atoms with Crippen molar-refractivity contribution in [2.24, 2.45) is 28.1 Å². The van der Waals surface area contributed by atoms with E-state index >= 15 is 0 Å². The average molecular weight is 403 g/mol. The third-order valence-corrected chi connectivity index (χ3v) is 7.75. The molecule has 29 heavy (non-hydrogen) atoms. The molecule has 3 aliphatic carbocycles. The Labute approximate surface area is 173 Å². The molecule has 0 radical (unpaired) electrons. The van der Waals surface area contributed by atoms with Gasteiger partial charge in [-0.05, 0) is 36.2 Å². The number of esters is 2. The standard InChI is InChI=1S/C24H34O5/c1-8-23(6)12-16-17(27)11-19-22(4,5)10-9-20(29-15(3)26)24(19,7)21(16)18(13-23)28-14(2)25/h8,12,18-21H,1,9-11,13H2,2-7H3/t18-,19+,20-,21-,23-,24-/m1/s1. The Kier molecular flexibility index (Phi) is 5.34. The highest BCUT2D eigenvalue weighted by Crippen LogP contribution is 2.64. The highest BCUT2D eigenvalue weighted by Gasteiger charge is 2.64. The van der Waals surface area contributed by atoms with E-state index in [2.05, 4.69) is 27.4 Å². The van der Waals surface area contributed by atoms with Crippen molar-refractivity contribution in [2.45, 2.75) is 79.4 Å². The summed E-state index contributed by atoms with van der Waals surface area (Å²) in [5, 5.41) is 0. The van der Waals surface area contributed by atoms with Crippen LogP contribution in [0.25, 0.3) is 0 Å². The van der Waals surface area contributed by atoms with Gasteiger partial charge in [0.1, 0.15) is 12.2 Å². The Hall–Kier alpha value is -1.91. The Balaban J connectivity index is 2.20. The Bertz CT molecular complexity index is 778. The summed E-state index contributed by atoms with van der Waals surface area (Å²) >= 11 is 0. The number of hydrogen-bond donors (Lipinski definition) is 0. The molecular weight excluding hydrogens is 368 g/mol. The fraction of sp³-hybridized carbons (Fsp3) is 0.708. The molecule has 0 aromatic rings. The number of rotatable bonds is 3. The largest absolute Gasteiger partial charge is 0.462 e. The minimum absolute atomic E-state index is 0.0360. The van der Waals surface area contributed by atoms with E-state index in [1.54, 1.807) is 0 Å². The molecule has 0 saturated heterocycles. The van der Waals surface area contributed by atoms with Gasteiger partial charge in [-0.1, -0.05) is 39.8 Å². The smallest absolute Gasteiger partial charge is 0.302 e. The van der Waals surface area contributed by atoms with Crippen LogP contribution in [0.15, 0.2) is 24.3 Å². The summed E-state index contributed by atoms with van der Waals surface area (Å²) in [5.41, 5.74) is -0.285. The van der Waals surface area contributed by atoms with Gasteiger partial charge < -0.3 is 9.47 Å². The molecule has 0 aromatic heterocycles. The number of Topliss-reactive ketones (excluding diaryl/α,β-unsaturated/α-hetero) is 1. The molecule has 2 fully saturated rings. The molecule has 5 nitrogen and oxygen atoms in total. The molecule has 0 unspecified atom stereocenters. The van der Waals surface area contributed by atoms with Crippen LogP contribution < -0.4 is 0 Å². The van der Waals surface area contributed by atoms with Gasteiger partial charge in [0.15, 0.2) is 5.78 Å². The van der Waals surface area contributed by atoms with Crippen LogP contribution in [-0.2, 0) is 23.9 Å². The van der Waals surface area contributed by atoms with Crippen LogP contribution in [0.4, 0.5) is 0 Å². The van der Waals surface area contributed by atoms with Gasteiger partial charge in [0.05, 0.1) is 0 Å². The van der Waals surface area contributed by atoms with E-state index in [9.17, 15) is 14.4 Å². The topological polar surface area (TPSA) is 69.7 Å².